The van der Waals surface area contributed by atoms with Crippen molar-refractivity contribution in [2.24, 2.45) is 5.18 Å². The first kappa shape index (κ1) is 13.9. The lowest BCUT2D eigenvalue weighted by molar-refractivity contribution is 0.511. The van der Waals surface area contributed by atoms with Crippen molar-refractivity contribution in [1.29, 1.82) is 0 Å². The molecule has 0 N–H and O–H groups in total. The number of hydrogen-bond acceptors (Lipinski definition) is 2. The molecule has 14 heavy (non-hydrogen) atoms. The maximum atomic E-state index is 10.6. The molecule has 0 fully saturated rings. The molecule has 0 amide bonds. The molecule has 0 aliphatic heterocycles. The van der Waals surface area contributed by atoms with Gasteiger partial charge in [0.1, 0.15) is 6.04 Å². The summed E-state index contributed by atoms with van der Waals surface area (Å²) in [4.78, 5) is 10.6. The summed E-state index contributed by atoms with van der Waals surface area (Å²) in [6, 6.07) is -0.173. The minimum absolute atomic E-state index is 0.0504. The minimum atomic E-state index is -0.173. The lowest BCUT2D eigenvalue weighted by Crippen LogP contribution is -2.18. The van der Waals surface area contributed by atoms with Gasteiger partial charge in [-0.15, -0.1) is 11.6 Å². The SMILES string of the molecule is CCCCCC(Cl)C(CCCC)N=O. The van der Waals surface area contributed by atoms with Gasteiger partial charge in [0.2, 0.25) is 0 Å². The van der Waals surface area contributed by atoms with Gasteiger partial charge in [0.15, 0.2) is 0 Å². The van der Waals surface area contributed by atoms with Crippen molar-refractivity contribution in [2.75, 3.05) is 0 Å². The average molecular weight is 220 g/mol. The van der Waals surface area contributed by atoms with Crippen LogP contribution in [0.4, 0.5) is 0 Å². The Kier molecular flexibility index (Phi) is 9.37. The van der Waals surface area contributed by atoms with Crippen LogP contribution in [0.3, 0.4) is 0 Å². The molecule has 0 saturated carbocycles. The zero-order chi connectivity index (χ0) is 10.8. The molecule has 0 rings (SSSR count). The van der Waals surface area contributed by atoms with Crippen LogP contribution in [0, 0.1) is 4.91 Å². The Morgan fingerprint density at radius 3 is 2.21 bits per heavy atom. The van der Waals surface area contributed by atoms with Gasteiger partial charge >= 0.3 is 0 Å². The van der Waals surface area contributed by atoms with Crippen LogP contribution < -0.4 is 0 Å². The molecule has 2 unspecified atom stereocenters. The van der Waals surface area contributed by atoms with Crippen molar-refractivity contribution < 1.29 is 0 Å². The second kappa shape index (κ2) is 9.45. The second-order valence-corrected chi connectivity index (χ2v) is 4.39. The summed E-state index contributed by atoms with van der Waals surface area (Å²) in [6.45, 7) is 4.28. The first-order valence-corrected chi connectivity index (χ1v) is 6.16. The van der Waals surface area contributed by atoms with Crippen molar-refractivity contribution in [3.05, 3.63) is 4.91 Å². The third-order valence-corrected chi connectivity index (χ3v) is 3.00. The lowest BCUT2D eigenvalue weighted by Gasteiger charge is -2.14. The van der Waals surface area contributed by atoms with E-state index in [-0.39, 0.29) is 11.4 Å². The fourth-order valence-electron chi connectivity index (χ4n) is 1.49. The Morgan fingerprint density at radius 1 is 1.07 bits per heavy atom. The van der Waals surface area contributed by atoms with Crippen LogP contribution in [0.25, 0.3) is 0 Å². The van der Waals surface area contributed by atoms with Gasteiger partial charge in [0, 0.05) is 0 Å². The highest BCUT2D eigenvalue weighted by molar-refractivity contribution is 6.21. The van der Waals surface area contributed by atoms with Gasteiger partial charge in [-0.05, 0) is 12.8 Å². The molecule has 2 nitrogen and oxygen atoms in total. The summed E-state index contributed by atoms with van der Waals surface area (Å²) >= 11 is 6.12. The highest BCUT2D eigenvalue weighted by Crippen LogP contribution is 2.19. The van der Waals surface area contributed by atoms with E-state index >= 15 is 0 Å². The van der Waals surface area contributed by atoms with E-state index < -0.39 is 0 Å². The molecule has 0 aromatic rings. The quantitative estimate of drug-likeness (QED) is 0.319. The van der Waals surface area contributed by atoms with E-state index in [9.17, 15) is 4.91 Å². The molecule has 0 heterocycles. The van der Waals surface area contributed by atoms with Crippen LogP contribution in [-0.4, -0.2) is 11.4 Å². The number of unbranched alkanes of at least 4 members (excludes halogenated alkanes) is 3. The van der Waals surface area contributed by atoms with E-state index in [0.717, 1.165) is 32.1 Å². The Hall–Kier alpha value is -0.110. The predicted octanol–water partition coefficient (Wildman–Crippen LogP) is 4.50. The Morgan fingerprint density at radius 2 is 1.71 bits per heavy atom. The summed E-state index contributed by atoms with van der Waals surface area (Å²) < 4.78 is 0. The molecule has 0 aromatic carbocycles. The summed E-state index contributed by atoms with van der Waals surface area (Å²) in [5.74, 6) is 0. The smallest absolute Gasteiger partial charge is 0.108 e. The largest absolute Gasteiger partial charge is 0.150 e. The zero-order valence-corrected chi connectivity index (χ0v) is 10.1. The van der Waals surface area contributed by atoms with Crippen molar-refractivity contribution in [3.8, 4) is 0 Å². The summed E-state index contributed by atoms with van der Waals surface area (Å²) in [5.41, 5.74) is 0. The van der Waals surface area contributed by atoms with Gasteiger partial charge in [0.25, 0.3) is 0 Å². The number of alkyl halides is 1. The van der Waals surface area contributed by atoms with Gasteiger partial charge in [-0.3, -0.25) is 0 Å². The molecule has 2 atom stereocenters. The molecule has 84 valence electrons. The Bertz CT molecular complexity index is 141. The van der Waals surface area contributed by atoms with Crippen molar-refractivity contribution in [1.82, 2.24) is 0 Å². The molecular weight excluding hydrogens is 198 g/mol. The van der Waals surface area contributed by atoms with E-state index in [4.69, 9.17) is 11.6 Å². The monoisotopic (exact) mass is 219 g/mol. The fraction of sp³-hybridized carbons (Fsp3) is 1.00. The third kappa shape index (κ3) is 6.36. The van der Waals surface area contributed by atoms with E-state index in [1.807, 2.05) is 0 Å². The molecule has 0 aliphatic rings. The first-order chi connectivity index (χ1) is 6.76. The average Bonchev–Trinajstić information content (AvgIpc) is 2.19. The Labute approximate surface area is 92.4 Å². The van der Waals surface area contributed by atoms with Crippen LogP contribution >= 0.6 is 11.6 Å². The third-order valence-electron chi connectivity index (χ3n) is 2.49. The number of hydrogen-bond donors (Lipinski definition) is 0. The van der Waals surface area contributed by atoms with Crippen molar-refractivity contribution in [3.63, 3.8) is 0 Å². The van der Waals surface area contributed by atoms with Crippen molar-refractivity contribution in [2.45, 2.75) is 70.2 Å². The zero-order valence-electron chi connectivity index (χ0n) is 9.34. The topological polar surface area (TPSA) is 29.4 Å². The standard InChI is InChI=1S/C11H22ClNO/c1-3-5-7-8-10(12)11(13-14)9-6-4-2/h10-11H,3-9H2,1-2H3. The molecule has 0 aromatic heterocycles. The maximum absolute atomic E-state index is 10.6. The molecule has 0 radical (unpaired) electrons. The molecule has 0 saturated heterocycles. The van der Waals surface area contributed by atoms with Crippen molar-refractivity contribution >= 4 is 11.6 Å². The molecular formula is C11H22ClNO. The van der Waals surface area contributed by atoms with Gasteiger partial charge in [0.05, 0.1) is 5.38 Å². The lowest BCUT2D eigenvalue weighted by atomic mass is 10.0. The normalized spacial score (nSPS) is 15.1. The number of nitrogens with zero attached hydrogens (tertiary/aromatic N) is 1. The fourth-order valence-corrected chi connectivity index (χ4v) is 1.82. The van der Waals surface area contributed by atoms with Crippen LogP contribution in [0.2, 0.25) is 0 Å². The van der Waals surface area contributed by atoms with E-state index in [0.29, 0.717) is 0 Å². The maximum Gasteiger partial charge on any atom is 0.108 e. The number of rotatable bonds is 9. The van der Waals surface area contributed by atoms with Gasteiger partial charge in [-0.25, -0.2) is 0 Å². The van der Waals surface area contributed by atoms with Crippen LogP contribution in [-0.2, 0) is 0 Å². The van der Waals surface area contributed by atoms with Crippen LogP contribution in [0.5, 0.6) is 0 Å². The number of nitroso groups, excluding NO2 is 1. The van der Waals surface area contributed by atoms with E-state index in [1.54, 1.807) is 0 Å². The summed E-state index contributed by atoms with van der Waals surface area (Å²) in [5, 5.41) is 3.07. The second-order valence-electron chi connectivity index (χ2n) is 3.83. The van der Waals surface area contributed by atoms with Gasteiger partial charge in [-0.2, -0.15) is 4.91 Å². The highest BCUT2D eigenvalue weighted by Gasteiger charge is 2.18. The molecule has 0 bridgehead atoms. The van der Waals surface area contributed by atoms with E-state index in [1.165, 1.54) is 12.8 Å². The van der Waals surface area contributed by atoms with Crippen LogP contribution in [0.15, 0.2) is 5.18 Å². The summed E-state index contributed by atoms with van der Waals surface area (Å²) in [7, 11) is 0. The minimum Gasteiger partial charge on any atom is -0.150 e. The molecule has 3 heteroatoms. The van der Waals surface area contributed by atoms with Crippen LogP contribution in [0.1, 0.15) is 58.8 Å². The van der Waals surface area contributed by atoms with E-state index in [2.05, 4.69) is 19.0 Å². The molecule has 0 aliphatic carbocycles. The first-order valence-electron chi connectivity index (χ1n) is 5.72. The predicted molar refractivity (Wildman–Crippen MR) is 62.9 cm³/mol. The number of halogens is 1. The molecule has 0 spiro atoms. The Balaban J connectivity index is 3.67. The highest BCUT2D eigenvalue weighted by atomic mass is 35.5. The van der Waals surface area contributed by atoms with Gasteiger partial charge in [-0.1, -0.05) is 51.1 Å². The summed E-state index contributed by atoms with van der Waals surface area (Å²) in [6.07, 6.45) is 7.43. The van der Waals surface area contributed by atoms with Gasteiger partial charge < -0.3 is 0 Å².